The van der Waals surface area contributed by atoms with E-state index in [1.165, 1.54) is 6.42 Å². The van der Waals surface area contributed by atoms with Crippen molar-refractivity contribution < 1.29 is 18.5 Å². The molecule has 1 saturated carbocycles. The van der Waals surface area contributed by atoms with Gasteiger partial charge in [0.1, 0.15) is 0 Å². The van der Waals surface area contributed by atoms with Crippen LogP contribution in [0, 0.1) is 11.8 Å². The van der Waals surface area contributed by atoms with Gasteiger partial charge in [-0.25, -0.2) is 4.57 Å². The highest BCUT2D eigenvalue weighted by Crippen LogP contribution is 2.47. The van der Waals surface area contributed by atoms with Crippen molar-refractivity contribution >= 4 is 7.82 Å². The monoisotopic (exact) mass is 306 g/mol. The van der Waals surface area contributed by atoms with Crippen LogP contribution in [0.15, 0.2) is 0 Å². The molecule has 120 valence electrons. The van der Waals surface area contributed by atoms with E-state index < -0.39 is 7.82 Å². The maximum absolute atomic E-state index is 12.0. The molecule has 0 spiro atoms. The van der Waals surface area contributed by atoms with Crippen LogP contribution in [0.25, 0.3) is 0 Å². The van der Waals surface area contributed by atoms with E-state index in [-0.39, 0.29) is 6.10 Å². The third-order valence-corrected chi connectivity index (χ3v) is 5.23. The second-order valence-electron chi connectivity index (χ2n) is 6.18. The fraction of sp³-hybridized carbons (Fsp3) is 1.00. The van der Waals surface area contributed by atoms with Crippen LogP contribution in [-0.2, 0) is 13.6 Å². The quantitative estimate of drug-likeness (QED) is 0.615. The summed E-state index contributed by atoms with van der Waals surface area (Å²) in [5.74, 6) is 0.922. The van der Waals surface area contributed by atoms with Crippen LogP contribution >= 0.6 is 7.82 Å². The summed E-state index contributed by atoms with van der Waals surface area (Å²) in [5.41, 5.74) is 0. The molecule has 1 aliphatic rings. The van der Waals surface area contributed by atoms with Crippen molar-refractivity contribution in [3.05, 3.63) is 0 Å². The average molecular weight is 306 g/mol. The topological polar surface area (TPSA) is 55.8 Å². The Morgan fingerprint density at radius 2 is 2.10 bits per heavy atom. The van der Waals surface area contributed by atoms with E-state index >= 15 is 0 Å². The second kappa shape index (κ2) is 9.19. The predicted molar refractivity (Wildman–Crippen MR) is 81.6 cm³/mol. The number of rotatable bonds is 9. The van der Waals surface area contributed by atoms with Crippen LogP contribution in [0.3, 0.4) is 0 Å². The van der Waals surface area contributed by atoms with Gasteiger partial charge < -0.3 is 4.89 Å². The molecule has 0 aromatic heterocycles. The van der Waals surface area contributed by atoms with Gasteiger partial charge in [0, 0.05) is 0 Å². The number of unbranched alkanes of at least 4 members (excludes halogenated alkanes) is 1. The number of phosphoric acid groups is 1. The third-order valence-electron chi connectivity index (χ3n) is 4.19. The molecule has 0 aromatic carbocycles. The molecule has 0 bridgehead atoms. The summed E-state index contributed by atoms with van der Waals surface area (Å²) in [6.07, 6.45) is 8.17. The number of hydrogen-bond acceptors (Lipinski definition) is 3. The summed E-state index contributed by atoms with van der Waals surface area (Å²) in [6, 6.07) is 0. The van der Waals surface area contributed by atoms with Crippen LogP contribution in [0.5, 0.6) is 0 Å². The van der Waals surface area contributed by atoms with Crippen molar-refractivity contribution in [1.29, 1.82) is 0 Å². The Morgan fingerprint density at radius 3 is 2.70 bits per heavy atom. The molecular formula is C15H31O4P. The van der Waals surface area contributed by atoms with Crippen molar-refractivity contribution in [2.45, 2.75) is 78.2 Å². The highest BCUT2D eigenvalue weighted by atomic mass is 31.2. The first-order chi connectivity index (χ1) is 9.46. The normalized spacial score (nSPS) is 28.0. The minimum atomic E-state index is -3.89. The summed E-state index contributed by atoms with van der Waals surface area (Å²) in [7, 11) is -3.89. The molecule has 1 aliphatic carbocycles. The van der Waals surface area contributed by atoms with E-state index in [9.17, 15) is 9.46 Å². The Hall–Kier alpha value is 0.110. The SMILES string of the molecule is CCCCC(CC)COP(=O)(O)OC1CCCC(C)C1. The van der Waals surface area contributed by atoms with Crippen molar-refractivity contribution in [3.63, 3.8) is 0 Å². The molecule has 0 amide bonds. The van der Waals surface area contributed by atoms with Crippen molar-refractivity contribution in [3.8, 4) is 0 Å². The van der Waals surface area contributed by atoms with Crippen LogP contribution in [-0.4, -0.2) is 17.6 Å². The fourth-order valence-corrected chi connectivity index (χ4v) is 3.82. The molecule has 1 fully saturated rings. The molecule has 0 heterocycles. The zero-order valence-electron chi connectivity index (χ0n) is 13.2. The first-order valence-corrected chi connectivity index (χ1v) is 9.62. The Morgan fingerprint density at radius 1 is 1.35 bits per heavy atom. The van der Waals surface area contributed by atoms with Gasteiger partial charge in [-0.2, -0.15) is 0 Å². The molecule has 0 aromatic rings. The predicted octanol–water partition coefficient (Wildman–Crippen LogP) is 4.92. The minimum absolute atomic E-state index is 0.120. The lowest BCUT2D eigenvalue weighted by Gasteiger charge is -2.28. The third kappa shape index (κ3) is 7.21. The molecule has 5 heteroatoms. The van der Waals surface area contributed by atoms with Crippen molar-refractivity contribution in [2.75, 3.05) is 6.61 Å². The van der Waals surface area contributed by atoms with Crippen molar-refractivity contribution in [1.82, 2.24) is 0 Å². The Kier molecular flexibility index (Phi) is 8.35. The maximum atomic E-state index is 12.0. The molecular weight excluding hydrogens is 275 g/mol. The van der Waals surface area contributed by atoms with Crippen molar-refractivity contribution in [2.24, 2.45) is 11.8 Å². The maximum Gasteiger partial charge on any atom is 0.472 e. The largest absolute Gasteiger partial charge is 0.472 e. The van der Waals surface area contributed by atoms with Gasteiger partial charge in [0.15, 0.2) is 0 Å². The van der Waals surface area contributed by atoms with Gasteiger partial charge in [0.2, 0.25) is 0 Å². The average Bonchev–Trinajstić information content (AvgIpc) is 2.38. The van der Waals surface area contributed by atoms with E-state index in [0.29, 0.717) is 18.4 Å². The zero-order chi connectivity index (χ0) is 15.0. The van der Waals surface area contributed by atoms with Crippen LogP contribution in [0.4, 0.5) is 0 Å². The summed E-state index contributed by atoms with van der Waals surface area (Å²) in [5, 5.41) is 0. The lowest BCUT2D eigenvalue weighted by molar-refractivity contribution is 0.0622. The lowest BCUT2D eigenvalue weighted by atomic mass is 9.89. The van der Waals surface area contributed by atoms with Gasteiger partial charge in [-0.3, -0.25) is 9.05 Å². The molecule has 1 rings (SSSR count). The molecule has 20 heavy (non-hydrogen) atoms. The zero-order valence-corrected chi connectivity index (χ0v) is 14.1. The Balaban J connectivity index is 2.34. The first kappa shape index (κ1) is 18.2. The molecule has 0 saturated heterocycles. The molecule has 4 unspecified atom stereocenters. The van der Waals surface area contributed by atoms with Gasteiger partial charge in [0.25, 0.3) is 0 Å². The minimum Gasteiger partial charge on any atom is -0.302 e. The Bertz CT molecular complexity index is 308. The summed E-state index contributed by atoms with van der Waals surface area (Å²) in [6.45, 7) is 6.73. The number of hydrogen-bond donors (Lipinski definition) is 1. The number of phosphoric ester groups is 1. The molecule has 0 radical (unpaired) electrons. The summed E-state index contributed by atoms with van der Waals surface area (Å²) < 4.78 is 22.5. The first-order valence-electron chi connectivity index (χ1n) is 8.12. The lowest BCUT2D eigenvalue weighted by Crippen LogP contribution is -2.21. The Labute approximate surface area is 123 Å². The second-order valence-corrected chi connectivity index (χ2v) is 7.59. The van der Waals surface area contributed by atoms with Gasteiger partial charge in [-0.05, 0) is 31.1 Å². The standard InChI is InChI=1S/C15H31O4P/c1-4-6-9-14(5-2)12-18-20(16,17)19-15-10-7-8-13(3)11-15/h13-15H,4-12H2,1-3H3,(H,16,17). The fourth-order valence-electron chi connectivity index (χ4n) is 2.79. The van der Waals surface area contributed by atoms with E-state index in [4.69, 9.17) is 9.05 Å². The van der Waals surface area contributed by atoms with Gasteiger partial charge in [0.05, 0.1) is 12.7 Å². The highest BCUT2D eigenvalue weighted by molar-refractivity contribution is 7.47. The summed E-state index contributed by atoms with van der Waals surface area (Å²) in [4.78, 5) is 9.83. The van der Waals surface area contributed by atoms with Gasteiger partial charge in [-0.1, -0.05) is 52.9 Å². The summed E-state index contributed by atoms with van der Waals surface area (Å²) >= 11 is 0. The molecule has 1 N–H and O–H groups in total. The molecule has 4 nitrogen and oxygen atoms in total. The smallest absolute Gasteiger partial charge is 0.302 e. The van der Waals surface area contributed by atoms with E-state index in [0.717, 1.165) is 44.9 Å². The van der Waals surface area contributed by atoms with Crippen LogP contribution in [0.2, 0.25) is 0 Å². The van der Waals surface area contributed by atoms with E-state index in [1.54, 1.807) is 0 Å². The van der Waals surface area contributed by atoms with E-state index in [1.807, 2.05) is 0 Å². The highest BCUT2D eigenvalue weighted by Gasteiger charge is 2.30. The molecule has 0 aliphatic heterocycles. The van der Waals surface area contributed by atoms with Crippen LogP contribution < -0.4 is 0 Å². The van der Waals surface area contributed by atoms with Gasteiger partial charge >= 0.3 is 7.82 Å². The van der Waals surface area contributed by atoms with E-state index in [2.05, 4.69) is 20.8 Å². The van der Waals surface area contributed by atoms with Gasteiger partial charge in [-0.15, -0.1) is 0 Å². The molecule has 4 atom stereocenters. The van der Waals surface area contributed by atoms with Crippen LogP contribution in [0.1, 0.15) is 72.1 Å².